The Morgan fingerprint density at radius 3 is 2.59 bits per heavy atom. The van der Waals surface area contributed by atoms with Crippen LogP contribution in [0.4, 0.5) is 0 Å². The molecule has 0 radical (unpaired) electrons. The molecule has 1 amide bonds. The van der Waals surface area contributed by atoms with Crippen molar-refractivity contribution in [3.63, 3.8) is 0 Å². The molecule has 1 aromatic heterocycles. The van der Waals surface area contributed by atoms with Gasteiger partial charge in [-0.15, -0.1) is 0 Å². The van der Waals surface area contributed by atoms with E-state index in [0.29, 0.717) is 11.7 Å². The van der Waals surface area contributed by atoms with Gasteiger partial charge in [-0.2, -0.15) is 0 Å². The number of nitrogens with zero attached hydrogens (tertiary/aromatic N) is 1. The second kappa shape index (κ2) is 5.47. The molecule has 1 aromatic rings. The maximum atomic E-state index is 11.7. The number of hydrogen-bond acceptors (Lipinski definition) is 5. The van der Waals surface area contributed by atoms with Crippen LogP contribution in [0.2, 0.25) is 0 Å². The van der Waals surface area contributed by atoms with E-state index in [1.165, 1.54) is 7.11 Å². The van der Waals surface area contributed by atoms with Gasteiger partial charge in [0.2, 0.25) is 0 Å². The molecule has 1 N–H and O–H groups in total. The summed E-state index contributed by atoms with van der Waals surface area (Å²) in [6.07, 6.45) is 0. The topological polar surface area (TPSA) is 81.4 Å². The highest BCUT2D eigenvalue weighted by molar-refractivity contribution is 5.95. The number of aryl methyl sites for hydroxylation is 1. The molecule has 0 aromatic carbocycles. The van der Waals surface area contributed by atoms with Crippen molar-refractivity contribution in [1.82, 2.24) is 10.3 Å². The van der Waals surface area contributed by atoms with Crippen molar-refractivity contribution in [3.05, 3.63) is 17.3 Å². The average molecular weight is 240 g/mol. The number of amides is 1. The summed E-state index contributed by atoms with van der Waals surface area (Å²) in [5.41, 5.74) is 0.206. The Balaban J connectivity index is 2.72. The lowest BCUT2D eigenvalue weighted by atomic mass is 10.2. The fourth-order valence-electron chi connectivity index (χ4n) is 1.18. The first kappa shape index (κ1) is 13.2. The molecule has 0 atom stereocenters. The number of nitrogens with one attached hydrogen (secondary N) is 1. The van der Waals surface area contributed by atoms with Crippen molar-refractivity contribution in [2.24, 2.45) is 0 Å². The molecule has 94 valence electrons. The van der Waals surface area contributed by atoms with Crippen LogP contribution in [0.3, 0.4) is 0 Å². The Hall–Kier alpha value is -1.85. The molecule has 1 heterocycles. The number of hydrogen-bond donors (Lipinski definition) is 1. The lowest BCUT2D eigenvalue weighted by Crippen LogP contribution is -2.30. The average Bonchev–Trinajstić information content (AvgIpc) is 2.68. The van der Waals surface area contributed by atoms with Crippen LogP contribution in [0.25, 0.3) is 0 Å². The number of aromatic nitrogens is 1. The zero-order valence-electron chi connectivity index (χ0n) is 10.4. The van der Waals surface area contributed by atoms with E-state index in [2.05, 4.69) is 15.0 Å². The van der Waals surface area contributed by atoms with E-state index in [9.17, 15) is 9.59 Å². The smallest absolute Gasteiger partial charge is 0.325 e. The number of esters is 1. The molecular formula is C11H16N2O4. The molecule has 0 unspecified atom stereocenters. The molecule has 6 heteroatoms. The molecule has 0 aliphatic rings. The van der Waals surface area contributed by atoms with Crippen molar-refractivity contribution >= 4 is 11.9 Å². The maximum absolute atomic E-state index is 11.7. The van der Waals surface area contributed by atoms with E-state index in [1.807, 2.05) is 13.8 Å². The largest absolute Gasteiger partial charge is 0.468 e. The Morgan fingerprint density at radius 1 is 1.47 bits per heavy atom. The van der Waals surface area contributed by atoms with E-state index >= 15 is 0 Å². The summed E-state index contributed by atoms with van der Waals surface area (Å²) < 4.78 is 9.75. The first-order valence-electron chi connectivity index (χ1n) is 5.28. The number of carbonyl (C=O) groups excluding carboxylic acids is 2. The lowest BCUT2D eigenvalue weighted by Gasteiger charge is -2.01. The molecular weight excluding hydrogens is 224 g/mol. The van der Waals surface area contributed by atoms with Gasteiger partial charge >= 0.3 is 5.97 Å². The highest BCUT2D eigenvalue weighted by Crippen LogP contribution is 2.17. The summed E-state index contributed by atoms with van der Waals surface area (Å²) in [6, 6.07) is 0. The minimum Gasteiger partial charge on any atom is -0.468 e. The van der Waals surface area contributed by atoms with Gasteiger partial charge in [0.15, 0.2) is 11.6 Å². The minimum atomic E-state index is -0.511. The maximum Gasteiger partial charge on any atom is 0.325 e. The van der Waals surface area contributed by atoms with E-state index < -0.39 is 11.9 Å². The third-order valence-corrected chi connectivity index (χ3v) is 2.14. The molecule has 6 nitrogen and oxygen atoms in total. The minimum absolute atomic E-state index is 0.107. The quantitative estimate of drug-likeness (QED) is 0.794. The number of oxazole rings is 1. The van der Waals surface area contributed by atoms with Crippen LogP contribution >= 0.6 is 0 Å². The number of methoxy groups -OCH3 is 1. The van der Waals surface area contributed by atoms with Gasteiger partial charge in [0.1, 0.15) is 12.3 Å². The van der Waals surface area contributed by atoms with Gasteiger partial charge < -0.3 is 14.5 Å². The van der Waals surface area contributed by atoms with Crippen LogP contribution in [0.1, 0.15) is 41.9 Å². The van der Waals surface area contributed by atoms with Crippen LogP contribution in [0, 0.1) is 6.92 Å². The summed E-state index contributed by atoms with van der Waals surface area (Å²) in [5, 5.41) is 2.41. The molecule has 0 saturated heterocycles. The van der Waals surface area contributed by atoms with E-state index in [1.54, 1.807) is 6.92 Å². The Morgan fingerprint density at radius 2 is 2.12 bits per heavy atom. The Labute approximate surface area is 99.4 Å². The molecule has 0 saturated carbocycles. The summed E-state index contributed by atoms with van der Waals surface area (Å²) in [6.45, 7) is 5.31. The highest BCUT2D eigenvalue weighted by Gasteiger charge is 2.18. The molecule has 0 spiro atoms. The Bertz CT molecular complexity index is 423. The van der Waals surface area contributed by atoms with Gasteiger partial charge in [0.05, 0.1) is 7.11 Å². The molecule has 1 rings (SSSR count). The van der Waals surface area contributed by atoms with Crippen LogP contribution < -0.4 is 5.32 Å². The van der Waals surface area contributed by atoms with Crippen LogP contribution in [-0.2, 0) is 9.53 Å². The SMILES string of the molecule is COC(=O)CNC(=O)c1nc(C(C)C)oc1C. The molecule has 0 aliphatic carbocycles. The highest BCUT2D eigenvalue weighted by atomic mass is 16.5. The monoisotopic (exact) mass is 240 g/mol. The third kappa shape index (κ3) is 3.30. The summed E-state index contributed by atoms with van der Waals surface area (Å²) in [5.74, 6) is 0.102. The predicted octanol–water partition coefficient (Wildman–Crippen LogP) is 1.01. The van der Waals surface area contributed by atoms with E-state index in [0.717, 1.165) is 0 Å². The summed E-state index contributed by atoms with van der Waals surface area (Å²) >= 11 is 0. The van der Waals surface area contributed by atoms with Crippen LogP contribution in [0.15, 0.2) is 4.42 Å². The van der Waals surface area contributed by atoms with Gasteiger partial charge in [-0.1, -0.05) is 13.8 Å². The normalized spacial score (nSPS) is 10.4. The summed E-state index contributed by atoms with van der Waals surface area (Å²) in [7, 11) is 1.26. The molecule has 0 aliphatic heterocycles. The van der Waals surface area contributed by atoms with Crippen molar-refractivity contribution in [1.29, 1.82) is 0 Å². The first-order valence-corrected chi connectivity index (χ1v) is 5.28. The molecule has 0 fully saturated rings. The second-order valence-corrected chi connectivity index (χ2v) is 3.87. The standard InChI is InChI=1S/C11H16N2O4/c1-6(2)11-13-9(7(3)17-11)10(15)12-5-8(14)16-4/h6H,5H2,1-4H3,(H,12,15). The summed E-state index contributed by atoms with van der Waals surface area (Å²) in [4.78, 5) is 26.6. The third-order valence-electron chi connectivity index (χ3n) is 2.14. The fourth-order valence-corrected chi connectivity index (χ4v) is 1.18. The second-order valence-electron chi connectivity index (χ2n) is 3.87. The van der Waals surface area contributed by atoms with Gasteiger partial charge in [-0.25, -0.2) is 4.98 Å². The van der Waals surface area contributed by atoms with Crippen molar-refractivity contribution < 1.29 is 18.7 Å². The molecule has 17 heavy (non-hydrogen) atoms. The number of ether oxygens (including phenoxy) is 1. The van der Waals surface area contributed by atoms with E-state index in [4.69, 9.17) is 4.42 Å². The van der Waals surface area contributed by atoms with Crippen LogP contribution in [-0.4, -0.2) is 30.5 Å². The van der Waals surface area contributed by atoms with Crippen molar-refractivity contribution in [2.45, 2.75) is 26.7 Å². The van der Waals surface area contributed by atoms with Gasteiger partial charge in [-0.05, 0) is 6.92 Å². The van der Waals surface area contributed by atoms with E-state index in [-0.39, 0.29) is 18.2 Å². The molecule has 0 bridgehead atoms. The van der Waals surface area contributed by atoms with Crippen molar-refractivity contribution in [3.8, 4) is 0 Å². The van der Waals surface area contributed by atoms with Crippen LogP contribution in [0.5, 0.6) is 0 Å². The fraction of sp³-hybridized carbons (Fsp3) is 0.545. The van der Waals surface area contributed by atoms with Gasteiger partial charge in [0, 0.05) is 5.92 Å². The zero-order chi connectivity index (χ0) is 13.0. The predicted molar refractivity (Wildman–Crippen MR) is 59.7 cm³/mol. The zero-order valence-corrected chi connectivity index (χ0v) is 10.4. The Kier molecular flexibility index (Phi) is 4.25. The first-order chi connectivity index (χ1) is 7.95. The van der Waals surface area contributed by atoms with Crippen molar-refractivity contribution in [2.75, 3.05) is 13.7 Å². The lowest BCUT2D eigenvalue weighted by molar-refractivity contribution is -0.139. The number of carbonyl (C=O) groups is 2. The van der Waals surface area contributed by atoms with Gasteiger partial charge in [0.25, 0.3) is 5.91 Å². The van der Waals surface area contributed by atoms with Gasteiger partial charge in [-0.3, -0.25) is 9.59 Å². The number of rotatable bonds is 4.